The second-order valence-corrected chi connectivity index (χ2v) is 11.1. The van der Waals surface area contributed by atoms with Crippen molar-refractivity contribution in [1.82, 2.24) is 9.55 Å². The number of alkyl halides is 1. The fraction of sp³-hybridized carbons (Fsp3) is 0.458. The number of halogens is 2. The lowest BCUT2D eigenvalue weighted by Gasteiger charge is -2.23. The summed E-state index contributed by atoms with van der Waals surface area (Å²) in [5.74, 6) is 1.97. The van der Waals surface area contributed by atoms with Gasteiger partial charge in [-0.05, 0) is 46.3 Å². The van der Waals surface area contributed by atoms with Crippen molar-refractivity contribution in [1.29, 1.82) is 0 Å². The second kappa shape index (κ2) is 9.99. The number of Topliss-reactive ketones (excluding diaryl/α,β-unsaturated/α-hetero) is 1. The Morgan fingerprint density at radius 2 is 1.88 bits per heavy atom. The van der Waals surface area contributed by atoms with Crippen molar-refractivity contribution in [2.24, 2.45) is 5.92 Å². The molecule has 3 aromatic rings. The summed E-state index contributed by atoms with van der Waals surface area (Å²) in [6, 6.07) is 1.79. The molecule has 4 rings (SSSR count). The topological polar surface area (TPSA) is 79.7 Å². The molecule has 0 spiro atoms. The number of hydrogen-bond acceptors (Lipinski definition) is 7. The van der Waals surface area contributed by atoms with Crippen LogP contribution in [0.2, 0.25) is 0 Å². The fourth-order valence-corrected chi connectivity index (χ4v) is 6.73. The Kier molecular flexibility index (Phi) is 7.40. The molecule has 34 heavy (non-hydrogen) atoms. The van der Waals surface area contributed by atoms with Gasteiger partial charge in [0.15, 0.2) is 17.3 Å². The van der Waals surface area contributed by atoms with Crippen LogP contribution in [0.25, 0.3) is 21.6 Å². The lowest BCUT2D eigenvalue weighted by atomic mass is 9.88. The molecule has 0 radical (unpaired) electrons. The van der Waals surface area contributed by atoms with Gasteiger partial charge in [0, 0.05) is 12.1 Å². The number of nitrogens with zero attached hydrogens (tertiary/aromatic N) is 2. The lowest BCUT2D eigenvalue weighted by molar-refractivity contribution is 0.0969. The Morgan fingerprint density at radius 1 is 1.18 bits per heavy atom. The first-order valence-electron chi connectivity index (χ1n) is 11.0. The van der Waals surface area contributed by atoms with Crippen molar-refractivity contribution in [3.05, 3.63) is 31.3 Å². The maximum atomic E-state index is 13.9. The van der Waals surface area contributed by atoms with Gasteiger partial charge in [-0.2, -0.15) is 0 Å². The smallest absolute Gasteiger partial charge is 0.262 e. The molecule has 7 nitrogen and oxygen atoms in total. The fourth-order valence-electron chi connectivity index (χ4n) is 4.35. The summed E-state index contributed by atoms with van der Waals surface area (Å²) in [7, 11) is 4.63. The summed E-state index contributed by atoms with van der Waals surface area (Å²) in [5.41, 5.74) is 1.35. The van der Waals surface area contributed by atoms with Crippen molar-refractivity contribution in [3.63, 3.8) is 0 Å². The Labute approximate surface area is 218 Å². The van der Waals surface area contributed by atoms with Crippen LogP contribution in [0, 0.1) is 5.92 Å². The molecule has 2 heterocycles. The molecular formula is C24H26Br2N2O5S. The van der Waals surface area contributed by atoms with E-state index in [0.29, 0.717) is 61.2 Å². The van der Waals surface area contributed by atoms with E-state index in [-0.39, 0.29) is 22.1 Å². The van der Waals surface area contributed by atoms with Crippen LogP contribution in [0.5, 0.6) is 17.2 Å². The van der Waals surface area contributed by atoms with E-state index in [9.17, 15) is 9.59 Å². The van der Waals surface area contributed by atoms with Crippen molar-refractivity contribution >= 4 is 59.2 Å². The zero-order valence-electron chi connectivity index (χ0n) is 19.7. The summed E-state index contributed by atoms with van der Waals surface area (Å²) >= 11 is 8.46. The number of thiophene rings is 1. The molecule has 0 amide bonds. The van der Waals surface area contributed by atoms with Crippen LogP contribution < -0.4 is 19.8 Å². The molecule has 0 bridgehead atoms. The van der Waals surface area contributed by atoms with Crippen LogP contribution in [-0.2, 0) is 13.0 Å². The Balaban J connectivity index is 2.06. The van der Waals surface area contributed by atoms with Gasteiger partial charge in [-0.15, -0.1) is 11.3 Å². The van der Waals surface area contributed by atoms with Crippen LogP contribution in [0.15, 0.2) is 15.3 Å². The lowest BCUT2D eigenvalue weighted by Crippen LogP contribution is -2.30. The Hall–Kier alpha value is -1.91. The molecule has 2 aromatic heterocycles. The molecule has 0 fully saturated rings. The van der Waals surface area contributed by atoms with Gasteiger partial charge in [0.1, 0.15) is 10.7 Å². The number of aromatic nitrogens is 2. The summed E-state index contributed by atoms with van der Waals surface area (Å²) in [5, 5.41) is 0.558. The first-order valence-corrected chi connectivity index (χ1v) is 13.5. The summed E-state index contributed by atoms with van der Waals surface area (Å²) in [4.78, 5) is 32.8. The highest BCUT2D eigenvalue weighted by atomic mass is 79.9. The van der Waals surface area contributed by atoms with E-state index in [1.807, 2.05) is 6.92 Å². The highest BCUT2D eigenvalue weighted by molar-refractivity contribution is 9.10. The molecule has 0 saturated heterocycles. The van der Waals surface area contributed by atoms with Crippen LogP contribution in [0.1, 0.15) is 41.9 Å². The van der Waals surface area contributed by atoms with Gasteiger partial charge in [-0.3, -0.25) is 14.2 Å². The normalized spacial score (nSPS) is 17.7. The zero-order valence-corrected chi connectivity index (χ0v) is 23.6. The standard InChI is InChI=1S/C24H26Br2N2O5S/c1-6-7-8-28-22(13-10-14(31-3)19(32-4)20(33-5)17(13)26)27-23-15(24(28)30)12-9-11(2)16(25)18(29)21(12)34-23/h10-11,16H,6-9H2,1-5H3. The van der Waals surface area contributed by atoms with Gasteiger partial charge >= 0.3 is 0 Å². The van der Waals surface area contributed by atoms with Gasteiger partial charge in [-0.25, -0.2) is 4.98 Å². The van der Waals surface area contributed by atoms with E-state index >= 15 is 0 Å². The third-order valence-electron chi connectivity index (χ3n) is 6.16. The van der Waals surface area contributed by atoms with E-state index in [1.54, 1.807) is 32.0 Å². The first kappa shape index (κ1) is 25.2. The average molecular weight is 614 g/mol. The van der Waals surface area contributed by atoms with Crippen LogP contribution in [-0.4, -0.2) is 41.5 Å². The van der Waals surface area contributed by atoms with Crippen molar-refractivity contribution in [2.45, 2.75) is 44.5 Å². The van der Waals surface area contributed by atoms with Gasteiger partial charge < -0.3 is 14.2 Å². The second-order valence-electron chi connectivity index (χ2n) is 8.29. The van der Waals surface area contributed by atoms with Gasteiger partial charge in [0.2, 0.25) is 5.75 Å². The molecular weight excluding hydrogens is 588 g/mol. The molecule has 0 aliphatic heterocycles. The van der Waals surface area contributed by atoms with Crippen molar-refractivity contribution in [3.8, 4) is 28.6 Å². The van der Waals surface area contributed by atoms with E-state index in [4.69, 9.17) is 19.2 Å². The molecule has 10 heteroatoms. The number of benzene rings is 1. The number of rotatable bonds is 7. The molecule has 1 aliphatic rings. The zero-order chi connectivity index (χ0) is 24.7. The van der Waals surface area contributed by atoms with E-state index in [1.165, 1.54) is 11.3 Å². The summed E-state index contributed by atoms with van der Waals surface area (Å²) < 4.78 is 19.0. The van der Waals surface area contributed by atoms with Crippen molar-refractivity contribution in [2.75, 3.05) is 21.3 Å². The number of ether oxygens (including phenoxy) is 3. The molecule has 1 aromatic carbocycles. The molecule has 182 valence electrons. The third-order valence-corrected chi connectivity index (χ3v) is 9.40. The van der Waals surface area contributed by atoms with Crippen LogP contribution >= 0.6 is 43.2 Å². The van der Waals surface area contributed by atoms with Crippen LogP contribution in [0.4, 0.5) is 0 Å². The van der Waals surface area contributed by atoms with Gasteiger partial charge in [0.05, 0.1) is 40.9 Å². The quantitative estimate of drug-likeness (QED) is 0.311. The minimum Gasteiger partial charge on any atom is -0.493 e. The summed E-state index contributed by atoms with van der Waals surface area (Å²) in [6.45, 7) is 4.61. The number of carbonyl (C=O) groups excluding carboxylic acids is 1. The molecule has 1 aliphatic carbocycles. The highest BCUT2D eigenvalue weighted by Gasteiger charge is 2.36. The van der Waals surface area contributed by atoms with Gasteiger partial charge in [0.25, 0.3) is 5.56 Å². The number of carbonyl (C=O) groups is 1. The third kappa shape index (κ3) is 3.97. The minimum absolute atomic E-state index is 0.0202. The van der Waals surface area contributed by atoms with E-state index in [0.717, 1.165) is 18.4 Å². The van der Waals surface area contributed by atoms with E-state index in [2.05, 4.69) is 38.8 Å². The number of unbranched alkanes of at least 4 members (excludes halogenated alkanes) is 1. The van der Waals surface area contributed by atoms with Crippen LogP contribution in [0.3, 0.4) is 0 Å². The molecule has 2 atom stereocenters. The number of fused-ring (bicyclic) bond motifs is 3. The predicted molar refractivity (Wildman–Crippen MR) is 141 cm³/mol. The molecule has 0 saturated carbocycles. The monoisotopic (exact) mass is 612 g/mol. The first-order chi connectivity index (χ1) is 16.3. The number of methoxy groups -OCH3 is 3. The number of hydrogen-bond donors (Lipinski definition) is 0. The average Bonchev–Trinajstić information content (AvgIpc) is 3.20. The molecule has 2 unspecified atom stereocenters. The largest absolute Gasteiger partial charge is 0.493 e. The predicted octanol–water partition coefficient (Wildman–Crippen LogP) is 5.85. The summed E-state index contributed by atoms with van der Waals surface area (Å²) in [6.07, 6.45) is 2.39. The molecule has 0 N–H and O–H groups in total. The number of ketones is 1. The van der Waals surface area contributed by atoms with E-state index < -0.39 is 0 Å². The Morgan fingerprint density at radius 3 is 2.50 bits per heavy atom. The maximum Gasteiger partial charge on any atom is 0.262 e. The Bertz CT molecular complexity index is 1330. The van der Waals surface area contributed by atoms with Gasteiger partial charge in [-0.1, -0.05) is 36.2 Å². The maximum absolute atomic E-state index is 13.9. The SMILES string of the molecule is CCCCn1c(-c2cc(OC)c(OC)c(OC)c2Br)nc2sc3c(c2c1=O)CC(C)C(Br)C3=O. The minimum atomic E-state index is -0.251. The highest BCUT2D eigenvalue weighted by Crippen LogP contribution is 2.48. The van der Waals surface area contributed by atoms with Crippen molar-refractivity contribution < 1.29 is 19.0 Å².